The van der Waals surface area contributed by atoms with Crippen molar-refractivity contribution in [3.63, 3.8) is 0 Å². The van der Waals surface area contributed by atoms with Gasteiger partial charge in [0.2, 0.25) is 0 Å². The van der Waals surface area contributed by atoms with Gasteiger partial charge in [0.05, 0.1) is 12.1 Å². The van der Waals surface area contributed by atoms with Gasteiger partial charge in [-0.2, -0.15) is 0 Å². The number of nitrogens with two attached hydrogens (primary N) is 1. The fourth-order valence-corrected chi connectivity index (χ4v) is 2.60. The molecule has 0 atom stereocenters. The molecule has 1 aromatic rings. The van der Waals surface area contributed by atoms with Gasteiger partial charge in [0, 0.05) is 17.0 Å². The van der Waals surface area contributed by atoms with Gasteiger partial charge in [-0.05, 0) is 53.7 Å². The third-order valence-corrected chi connectivity index (χ3v) is 4.12. The lowest BCUT2D eigenvalue weighted by Gasteiger charge is -2.34. The van der Waals surface area contributed by atoms with Gasteiger partial charge in [0.15, 0.2) is 11.6 Å². The summed E-state index contributed by atoms with van der Waals surface area (Å²) in [5, 5.41) is 10.9. The van der Waals surface area contributed by atoms with E-state index in [1.54, 1.807) is 47.6 Å². The van der Waals surface area contributed by atoms with E-state index >= 15 is 0 Å². The molecular weight excluding hydrogens is 337 g/mol. The quantitative estimate of drug-likeness (QED) is 0.553. The molecule has 1 aliphatic heterocycles. The molecule has 26 heavy (non-hydrogen) atoms. The van der Waals surface area contributed by atoms with E-state index < -0.39 is 23.1 Å². The molecule has 2 rings (SSSR count). The van der Waals surface area contributed by atoms with Crippen molar-refractivity contribution < 1.29 is 13.9 Å². The van der Waals surface area contributed by atoms with Crippen LogP contribution in [0.5, 0.6) is 0 Å². The maximum atomic E-state index is 13.9. The molecule has 1 amide bonds. The number of carbonyl (C=O) groups excluding carboxylic acids is 1. The van der Waals surface area contributed by atoms with E-state index in [-0.39, 0.29) is 18.2 Å². The lowest BCUT2D eigenvalue weighted by Crippen LogP contribution is -2.48. The first-order valence-electron chi connectivity index (χ1n) is 8.31. The van der Waals surface area contributed by atoms with Gasteiger partial charge in [-0.1, -0.05) is 0 Å². The predicted molar refractivity (Wildman–Crippen MR) is 98.5 cm³/mol. The van der Waals surface area contributed by atoms with Gasteiger partial charge >= 0.3 is 6.09 Å². The number of halogens is 1. The highest BCUT2D eigenvalue weighted by Crippen LogP contribution is 2.33. The fourth-order valence-electron chi connectivity index (χ4n) is 2.60. The molecule has 8 heteroatoms. The number of amidine groups is 1. The van der Waals surface area contributed by atoms with Crippen LogP contribution in [0.2, 0.25) is 0 Å². The van der Waals surface area contributed by atoms with E-state index in [9.17, 15) is 9.18 Å². The summed E-state index contributed by atoms with van der Waals surface area (Å²) in [4.78, 5) is 18.0. The standard InChI is InChI=1S/C18H26FN5O2/c1-10-7-8-12(19)15(22-10)23-14(21)11-9-24(18(5,6)13(11)20)16(25)26-17(2,3)4/h7-8H,9,20H2,1-6H3,(H2,21,22,23). The highest BCUT2D eigenvalue weighted by molar-refractivity contribution is 6.07. The Hall–Kier alpha value is -2.64. The van der Waals surface area contributed by atoms with Crippen molar-refractivity contribution in [3.8, 4) is 0 Å². The molecule has 0 saturated carbocycles. The summed E-state index contributed by atoms with van der Waals surface area (Å²) >= 11 is 0. The molecule has 0 aromatic carbocycles. The van der Waals surface area contributed by atoms with E-state index in [0.717, 1.165) is 0 Å². The summed E-state index contributed by atoms with van der Waals surface area (Å²) in [6.45, 7) is 10.7. The maximum absolute atomic E-state index is 13.9. The van der Waals surface area contributed by atoms with Crippen LogP contribution >= 0.6 is 0 Å². The predicted octanol–water partition coefficient (Wildman–Crippen LogP) is 3.16. The number of hydrogen-bond acceptors (Lipinski definition) is 5. The van der Waals surface area contributed by atoms with Crippen LogP contribution in [-0.4, -0.2) is 39.5 Å². The van der Waals surface area contributed by atoms with Crippen LogP contribution in [0.15, 0.2) is 23.4 Å². The number of amides is 1. The minimum atomic E-state index is -0.829. The van der Waals surface area contributed by atoms with Crippen LogP contribution in [0.3, 0.4) is 0 Å². The van der Waals surface area contributed by atoms with E-state index in [2.05, 4.69) is 10.3 Å². The third-order valence-electron chi connectivity index (χ3n) is 4.12. The molecule has 2 heterocycles. The molecule has 0 spiro atoms. The zero-order chi connectivity index (χ0) is 19.9. The average Bonchev–Trinajstić information content (AvgIpc) is 2.72. The van der Waals surface area contributed by atoms with Crippen molar-refractivity contribution >= 4 is 17.7 Å². The first kappa shape index (κ1) is 19.7. The Bertz CT molecular complexity index is 780. The molecule has 0 unspecified atom stereocenters. The zero-order valence-corrected chi connectivity index (χ0v) is 16.0. The number of nitrogens with zero attached hydrogens (tertiary/aromatic N) is 2. The molecular formula is C18H26FN5O2. The van der Waals surface area contributed by atoms with Crippen LogP contribution < -0.4 is 11.1 Å². The topological polar surface area (TPSA) is 104 Å². The minimum absolute atomic E-state index is 0.0520. The van der Waals surface area contributed by atoms with Crippen LogP contribution in [0.25, 0.3) is 0 Å². The molecule has 4 N–H and O–H groups in total. The Morgan fingerprint density at radius 1 is 1.42 bits per heavy atom. The van der Waals surface area contributed by atoms with Crippen molar-refractivity contribution in [1.82, 2.24) is 9.88 Å². The van der Waals surface area contributed by atoms with Gasteiger partial charge < -0.3 is 15.8 Å². The summed E-state index contributed by atoms with van der Waals surface area (Å²) in [5.41, 5.74) is 6.11. The summed E-state index contributed by atoms with van der Waals surface area (Å²) < 4.78 is 19.3. The maximum Gasteiger partial charge on any atom is 0.411 e. The first-order chi connectivity index (χ1) is 11.8. The SMILES string of the molecule is Cc1ccc(F)c(NC(=N)C2=C(N)C(C)(C)N(C(=O)OC(C)(C)C)C2)n1. The highest BCUT2D eigenvalue weighted by Gasteiger charge is 2.44. The Labute approximate surface area is 152 Å². The van der Waals surface area contributed by atoms with Crippen molar-refractivity contribution in [3.05, 3.63) is 34.9 Å². The van der Waals surface area contributed by atoms with Gasteiger partial charge in [-0.3, -0.25) is 10.3 Å². The summed E-state index contributed by atoms with van der Waals surface area (Å²) in [6.07, 6.45) is -0.520. The molecule has 142 valence electrons. The smallest absolute Gasteiger partial charge is 0.411 e. The van der Waals surface area contributed by atoms with Crippen molar-refractivity contribution in [2.75, 3.05) is 11.9 Å². The average molecular weight is 363 g/mol. The number of nitrogens with one attached hydrogen (secondary N) is 2. The summed E-state index contributed by atoms with van der Waals surface area (Å²) in [5.74, 6) is -0.719. The molecule has 7 nitrogen and oxygen atoms in total. The molecule has 0 aliphatic carbocycles. The Balaban J connectivity index is 2.24. The lowest BCUT2D eigenvalue weighted by molar-refractivity contribution is 0.0151. The normalized spacial score (nSPS) is 16.7. The van der Waals surface area contributed by atoms with Crippen molar-refractivity contribution in [2.45, 2.75) is 52.7 Å². The van der Waals surface area contributed by atoms with Gasteiger partial charge in [-0.15, -0.1) is 0 Å². The molecule has 0 bridgehead atoms. The second-order valence-electron chi connectivity index (χ2n) is 7.80. The fraction of sp³-hybridized carbons (Fsp3) is 0.500. The molecule has 0 saturated heterocycles. The second-order valence-corrected chi connectivity index (χ2v) is 7.80. The lowest BCUT2D eigenvalue weighted by atomic mass is 10.0. The Morgan fingerprint density at radius 3 is 2.62 bits per heavy atom. The van der Waals surface area contributed by atoms with E-state index in [4.69, 9.17) is 15.9 Å². The molecule has 1 aliphatic rings. The third kappa shape index (κ3) is 3.95. The highest BCUT2D eigenvalue weighted by atomic mass is 19.1. The van der Waals surface area contributed by atoms with Crippen molar-refractivity contribution in [2.24, 2.45) is 5.73 Å². The Kier molecular flexibility index (Phi) is 4.98. The number of hydrogen-bond donors (Lipinski definition) is 3. The Morgan fingerprint density at radius 2 is 2.04 bits per heavy atom. The monoisotopic (exact) mass is 363 g/mol. The first-order valence-corrected chi connectivity index (χ1v) is 8.31. The second kappa shape index (κ2) is 6.59. The van der Waals surface area contributed by atoms with E-state index in [0.29, 0.717) is 17.0 Å². The summed E-state index contributed by atoms with van der Waals surface area (Å²) in [6, 6.07) is 2.82. The van der Waals surface area contributed by atoms with Gasteiger partial charge in [0.1, 0.15) is 11.4 Å². The number of carbonyl (C=O) groups is 1. The number of ether oxygens (including phenoxy) is 1. The minimum Gasteiger partial charge on any atom is -0.444 e. The molecule has 1 aromatic heterocycles. The zero-order valence-electron chi connectivity index (χ0n) is 16.0. The van der Waals surface area contributed by atoms with E-state index in [1.807, 2.05) is 0 Å². The molecule has 0 fully saturated rings. The number of anilines is 1. The van der Waals surface area contributed by atoms with Crippen LogP contribution in [0, 0.1) is 18.2 Å². The number of aryl methyl sites for hydroxylation is 1. The summed E-state index contributed by atoms with van der Waals surface area (Å²) in [7, 11) is 0. The van der Waals surface area contributed by atoms with E-state index in [1.165, 1.54) is 11.0 Å². The van der Waals surface area contributed by atoms with Crippen LogP contribution in [0.1, 0.15) is 40.3 Å². The van der Waals surface area contributed by atoms with Crippen LogP contribution in [0.4, 0.5) is 15.0 Å². The van der Waals surface area contributed by atoms with Gasteiger partial charge in [-0.25, -0.2) is 14.2 Å². The number of aromatic nitrogens is 1. The van der Waals surface area contributed by atoms with Gasteiger partial charge in [0.25, 0.3) is 0 Å². The van der Waals surface area contributed by atoms with Crippen molar-refractivity contribution in [1.29, 1.82) is 5.41 Å². The molecule has 0 radical (unpaired) electrons. The number of rotatable bonds is 2. The van der Waals surface area contributed by atoms with Crippen LogP contribution in [-0.2, 0) is 4.74 Å². The number of pyridine rings is 1. The largest absolute Gasteiger partial charge is 0.444 e.